The van der Waals surface area contributed by atoms with Crippen LogP contribution in [0.25, 0.3) is 0 Å². The first-order valence-corrected chi connectivity index (χ1v) is 10.2. The molecule has 0 aromatic rings. The third-order valence-corrected chi connectivity index (χ3v) is 4.15. The third-order valence-electron chi connectivity index (χ3n) is 4.15. The molecule has 0 atom stereocenters. The minimum absolute atomic E-state index is 0.160. The molecule has 140 valence electrons. The molecule has 0 aliphatic heterocycles. The topological polar surface area (TPSA) is 26.3 Å². The van der Waals surface area contributed by atoms with Crippen LogP contribution < -0.4 is 0 Å². The van der Waals surface area contributed by atoms with E-state index in [1.165, 1.54) is 84.0 Å². The van der Waals surface area contributed by atoms with Crippen molar-refractivity contribution in [2.45, 2.75) is 104 Å². The Morgan fingerprint density at radius 1 is 0.708 bits per heavy atom. The van der Waals surface area contributed by atoms with E-state index in [4.69, 9.17) is 4.74 Å². The fourth-order valence-electron chi connectivity index (χ4n) is 2.66. The van der Waals surface area contributed by atoms with E-state index in [0.29, 0.717) is 6.61 Å². The molecule has 0 aromatic heterocycles. The lowest BCUT2D eigenvalue weighted by Crippen LogP contribution is -2.00. The van der Waals surface area contributed by atoms with Crippen LogP contribution in [-0.2, 0) is 9.53 Å². The lowest BCUT2D eigenvalue weighted by atomic mass is 10.1. The maximum absolute atomic E-state index is 10.6. The fraction of sp³-hybridized carbons (Fsp3) is 0.773. The van der Waals surface area contributed by atoms with Crippen LogP contribution in [0, 0.1) is 0 Å². The molecule has 0 aliphatic rings. The molecular formula is C22H40O2. The van der Waals surface area contributed by atoms with E-state index in [1.54, 1.807) is 0 Å². The number of carbonyl (C=O) groups is 1. The van der Waals surface area contributed by atoms with Gasteiger partial charge in [-0.25, -0.2) is 0 Å². The van der Waals surface area contributed by atoms with Gasteiger partial charge in [0.15, 0.2) is 0 Å². The van der Waals surface area contributed by atoms with Crippen molar-refractivity contribution in [2.75, 3.05) is 6.61 Å². The van der Waals surface area contributed by atoms with Gasteiger partial charge in [-0.1, -0.05) is 82.6 Å². The van der Waals surface area contributed by atoms with Gasteiger partial charge in [-0.15, -0.1) is 0 Å². The highest BCUT2D eigenvalue weighted by Gasteiger charge is 1.94. The second-order valence-corrected chi connectivity index (χ2v) is 6.63. The zero-order valence-electron chi connectivity index (χ0n) is 16.2. The molecule has 0 unspecified atom stereocenters. The van der Waals surface area contributed by atoms with Gasteiger partial charge in [0, 0.05) is 6.92 Å². The van der Waals surface area contributed by atoms with Crippen molar-refractivity contribution in [1.82, 2.24) is 0 Å². The Kier molecular flexibility index (Phi) is 19.1. The van der Waals surface area contributed by atoms with Crippen molar-refractivity contribution in [3.8, 4) is 0 Å². The van der Waals surface area contributed by atoms with Crippen molar-refractivity contribution >= 4 is 5.97 Å². The average molecular weight is 337 g/mol. The molecule has 0 N–H and O–H groups in total. The molecule has 0 saturated heterocycles. The number of hydrogen-bond acceptors (Lipinski definition) is 2. The number of ether oxygens (including phenoxy) is 1. The second kappa shape index (κ2) is 20.0. The molecular weight excluding hydrogens is 296 g/mol. The van der Waals surface area contributed by atoms with Gasteiger partial charge < -0.3 is 4.74 Å². The predicted octanol–water partition coefficient (Wildman–Crippen LogP) is 7.14. The highest BCUT2D eigenvalue weighted by Crippen LogP contribution is 2.10. The largest absolute Gasteiger partial charge is 0.466 e. The number of esters is 1. The standard InChI is InChI=1S/C22H40O2/c1-3-4-5-6-7-8-9-10-11-12-13-14-15-16-17-18-19-20-21-24-22(2)23/h7-8,10-11H,3-6,9,12-21H2,1-2H3. The minimum Gasteiger partial charge on any atom is -0.466 e. The summed E-state index contributed by atoms with van der Waals surface area (Å²) in [6.07, 6.45) is 27.0. The Hall–Kier alpha value is -1.05. The van der Waals surface area contributed by atoms with Crippen molar-refractivity contribution in [3.05, 3.63) is 24.3 Å². The zero-order chi connectivity index (χ0) is 17.7. The number of unbranched alkanes of at least 4 members (excludes halogenated alkanes) is 11. The molecule has 0 fully saturated rings. The molecule has 0 aromatic carbocycles. The smallest absolute Gasteiger partial charge is 0.302 e. The van der Waals surface area contributed by atoms with E-state index in [2.05, 4.69) is 31.2 Å². The normalized spacial score (nSPS) is 11.6. The van der Waals surface area contributed by atoms with E-state index in [1.807, 2.05) is 0 Å². The summed E-state index contributed by atoms with van der Waals surface area (Å²) in [6, 6.07) is 0. The van der Waals surface area contributed by atoms with Gasteiger partial charge in [0.25, 0.3) is 0 Å². The summed E-state index contributed by atoms with van der Waals surface area (Å²) in [5, 5.41) is 0. The number of rotatable bonds is 17. The van der Waals surface area contributed by atoms with Crippen LogP contribution in [0.15, 0.2) is 24.3 Å². The molecule has 0 heterocycles. The third kappa shape index (κ3) is 20.9. The first kappa shape index (κ1) is 22.9. The summed E-state index contributed by atoms with van der Waals surface area (Å²) in [6.45, 7) is 4.32. The lowest BCUT2D eigenvalue weighted by molar-refractivity contribution is -0.141. The van der Waals surface area contributed by atoms with Crippen molar-refractivity contribution < 1.29 is 9.53 Å². The first-order valence-electron chi connectivity index (χ1n) is 10.2. The predicted molar refractivity (Wildman–Crippen MR) is 105 cm³/mol. The molecule has 0 saturated carbocycles. The average Bonchev–Trinajstić information content (AvgIpc) is 2.56. The highest BCUT2D eigenvalue weighted by molar-refractivity contribution is 5.65. The molecule has 0 rings (SSSR count). The Balaban J connectivity index is 3.14. The molecule has 2 nitrogen and oxygen atoms in total. The quantitative estimate of drug-likeness (QED) is 0.160. The van der Waals surface area contributed by atoms with Crippen LogP contribution in [0.2, 0.25) is 0 Å². The summed E-state index contributed by atoms with van der Waals surface area (Å²) in [5.41, 5.74) is 0. The van der Waals surface area contributed by atoms with E-state index in [0.717, 1.165) is 12.8 Å². The molecule has 24 heavy (non-hydrogen) atoms. The van der Waals surface area contributed by atoms with Gasteiger partial charge in [0.05, 0.1) is 6.61 Å². The van der Waals surface area contributed by atoms with Crippen molar-refractivity contribution in [1.29, 1.82) is 0 Å². The maximum atomic E-state index is 10.6. The Morgan fingerprint density at radius 2 is 1.21 bits per heavy atom. The number of hydrogen-bond donors (Lipinski definition) is 0. The Morgan fingerprint density at radius 3 is 1.75 bits per heavy atom. The van der Waals surface area contributed by atoms with Crippen LogP contribution >= 0.6 is 0 Å². The van der Waals surface area contributed by atoms with Crippen LogP contribution in [0.1, 0.15) is 104 Å². The summed E-state index contributed by atoms with van der Waals surface area (Å²) in [7, 11) is 0. The number of carbonyl (C=O) groups excluding carboxylic acids is 1. The molecule has 0 bridgehead atoms. The molecule has 0 spiro atoms. The maximum Gasteiger partial charge on any atom is 0.302 e. The van der Waals surface area contributed by atoms with Gasteiger partial charge in [0.1, 0.15) is 0 Å². The highest BCUT2D eigenvalue weighted by atomic mass is 16.5. The Labute approximate surface area is 150 Å². The number of allylic oxidation sites excluding steroid dienone is 4. The Bertz CT molecular complexity index is 318. The summed E-state index contributed by atoms with van der Waals surface area (Å²) >= 11 is 0. The van der Waals surface area contributed by atoms with E-state index in [9.17, 15) is 4.79 Å². The van der Waals surface area contributed by atoms with Crippen LogP contribution in [0.3, 0.4) is 0 Å². The monoisotopic (exact) mass is 336 g/mol. The van der Waals surface area contributed by atoms with Crippen molar-refractivity contribution in [2.24, 2.45) is 0 Å². The van der Waals surface area contributed by atoms with Gasteiger partial charge in [-0.05, 0) is 38.5 Å². The van der Waals surface area contributed by atoms with Gasteiger partial charge in [-0.3, -0.25) is 4.79 Å². The van der Waals surface area contributed by atoms with E-state index < -0.39 is 0 Å². The molecule has 0 aliphatic carbocycles. The summed E-state index contributed by atoms with van der Waals surface area (Å²) < 4.78 is 4.92. The zero-order valence-corrected chi connectivity index (χ0v) is 16.2. The van der Waals surface area contributed by atoms with Crippen LogP contribution in [0.4, 0.5) is 0 Å². The van der Waals surface area contributed by atoms with E-state index in [-0.39, 0.29) is 5.97 Å². The first-order chi connectivity index (χ1) is 11.8. The fourth-order valence-corrected chi connectivity index (χ4v) is 2.66. The van der Waals surface area contributed by atoms with Crippen LogP contribution in [-0.4, -0.2) is 12.6 Å². The SMILES string of the molecule is CCCCCC=CCC=CCCCCCCCCCCOC(C)=O. The van der Waals surface area contributed by atoms with Gasteiger partial charge in [0.2, 0.25) is 0 Å². The van der Waals surface area contributed by atoms with E-state index >= 15 is 0 Å². The van der Waals surface area contributed by atoms with Crippen LogP contribution in [0.5, 0.6) is 0 Å². The van der Waals surface area contributed by atoms with Gasteiger partial charge in [-0.2, -0.15) is 0 Å². The molecule has 0 amide bonds. The summed E-state index contributed by atoms with van der Waals surface area (Å²) in [5.74, 6) is -0.160. The lowest BCUT2D eigenvalue weighted by Gasteiger charge is -2.02. The summed E-state index contributed by atoms with van der Waals surface area (Å²) in [4.78, 5) is 10.6. The molecule has 0 radical (unpaired) electrons. The minimum atomic E-state index is -0.160. The van der Waals surface area contributed by atoms with Crippen molar-refractivity contribution in [3.63, 3.8) is 0 Å². The second-order valence-electron chi connectivity index (χ2n) is 6.63. The molecule has 2 heteroatoms. The van der Waals surface area contributed by atoms with Gasteiger partial charge >= 0.3 is 5.97 Å².